The maximum Gasteiger partial charge on any atom is 0.223 e. The van der Waals surface area contributed by atoms with Gasteiger partial charge in [0.25, 0.3) is 0 Å². The minimum Gasteiger partial charge on any atom is -0.349 e. The lowest BCUT2D eigenvalue weighted by molar-refractivity contribution is 0.386. The molecular weight excluding hydrogens is 445 g/mol. The molecule has 9 heteroatoms. The highest BCUT2D eigenvalue weighted by Crippen LogP contribution is 2.16. The van der Waals surface area contributed by atoms with Crippen LogP contribution in [0, 0.1) is 6.92 Å². The van der Waals surface area contributed by atoms with Crippen molar-refractivity contribution >= 4 is 29.9 Å². The summed E-state index contributed by atoms with van der Waals surface area (Å²) in [5, 5.41) is 7.07. The van der Waals surface area contributed by atoms with Gasteiger partial charge in [-0.25, -0.2) is 4.98 Å². The molecule has 2 heterocycles. The molecule has 2 aromatic heterocycles. The van der Waals surface area contributed by atoms with Crippen molar-refractivity contribution in [2.75, 3.05) is 14.1 Å². The Balaban J connectivity index is 0.00000243. The topological polar surface area (TPSA) is 95.2 Å². The summed E-state index contributed by atoms with van der Waals surface area (Å²) in [6.45, 7) is 2.80. The molecule has 0 radical (unpaired) electrons. The first-order chi connectivity index (χ1) is 12.2. The fraction of sp³-hybridized carbons (Fsp3) is 0.294. The molecule has 3 rings (SSSR count). The van der Waals surface area contributed by atoms with Crippen molar-refractivity contribution in [2.45, 2.75) is 20.0 Å². The van der Waals surface area contributed by atoms with E-state index in [-0.39, 0.29) is 24.0 Å². The number of nitrogens with one attached hydrogen (secondary N) is 2. The first-order valence-electron chi connectivity index (χ1n) is 7.96. The third-order valence-electron chi connectivity index (χ3n) is 3.65. The van der Waals surface area contributed by atoms with Crippen LogP contribution in [0.1, 0.15) is 17.5 Å². The van der Waals surface area contributed by atoms with Gasteiger partial charge in [-0.3, -0.25) is 4.99 Å². The molecule has 0 unspecified atom stereocenters. The van der Waals surface area contributed by atoms with Crippen molar-refractivity contribution < 1.29 is 4.52 Å². The van der Waals surface area contributed by atoms with Gasteiger partial charge in [-0.2, -0.15) is 4.98 Å². The summed E-state index contributed by atoms with van der Waals surface area (Å²) in [6, 6.07) is 10.1. The number of aliphatic imine (C=N–C) groups is 1. The number of aromatic nitrogens is 4. The Kier molecular flexibility index (Phi) is 7.13. The van der Waals surface area contributed by atoms with Crippen LogP contribution in [0.3, 0.4) is 0 Å². The molecule has 0 aliphatic carbocycles. The third kappa shape index (κ3) is 5.04. The van der Waals surface area contributed by atoms with E-state index in [1.807, 2.05) is 48.5 Å². The summed E-state index contributed by atoms with van der Waals surface area (Å²) in [5.74, 6) is 2.72. The Morgan fingerprint density at radius 1 is 1.31 bits per heavy atom. The number of hydrogen-bond donors (Lipinski definition) is 2. The standard InChI is InChI=1S/C17H21N7O.HI/c1-12-21-15(23-25-12)10-20-17(18-2)24(3)11-16-19-9-14(22-16)13-7-5-4-6-8-13;/h4-9H,10-11H2,1-3H3,(H,18,20)(H,19,22);1H. The largest absolute Gasteiger partial charge is 0.349 e. The fourth-order valence-electron chi connectivity index (χ4n) is 2.46. The minimum absolute atomic E-state index is 0. The summed E-state index contributed by atoms with van der Waals surface area (Å²) < 4.78 is 4.96. The second-order valence-corrected chi connectivity index (χ2v) is 5.60. The number of imidazole rings is 1. The van der Waals surface area contributed by atoms with Gasteiger partial charge in [0.1, 0.15) is 5.82 Å². The van der Waals surface area contributed by atoms with E-state index in [1.165, 1.54) is 0 Å². The molecule has 0 saturated heterocycles. The number of rotatable bonds is 5. The van der Waals surface area contributed by atoms with Crippen molar-refractivity contribution in [2.24, 2.45) is 4.99 Å². The number of guanidine groups is 1. The number of nitrogens with zero attached hydrogens (tertiary/aromatic N) is 5. The van der Waals surface area contributed by atoms with Crippen LogP contribution in [0.15, 0.2) is 46.0 Å². The lowest BCUT2D eigenvalue weighted by Crippen LogP contribution is -2.38. The molecule has 0 aliphatic rings. The van der Waals surface area contributed by atoms with E-state index in [1.54, 1.807) is 14.0 Å². The van der Waals surface area contributed by atoms with Gasteiger partial charge in [0.2, 0.25) is 5.89 Å². The lowest BCUT2D eigenvalue weighted by atomic mass is 10.2. The summed E-state index contributed by atoms with van der Waals surface area (Å²) in [7, 11) is 3.68. The Morgan fingerprint density at radius 2 is 2.08 bits per heavy atom. The van der Waals surface area contributed by atoms with E-state index in [0.717, 1.165) is 23.0 Å². The van der Waals surface area contributed by atoms with Crippen LogP contribution in [0.4, 0.5) is 0 Å². The molecular formula is C17H22IN7O. The fourth-order valence-corrected chi connectivity index (χ4v) is 2.46. The molecule has 0 amide bonds. The van der Waals surface area contributed by atoms with Gasteiger partial charge in [0.05, 0.1) is 25.0 Å². The van der Waals surface area contributed by atoms with Crippen LogP contribution < -0.4 is 5.32 Å². The molecule has 0 spiro atoms. The van der Waals surface area contributed by atoms with Gasteiger partial charge in [-0.15, -0.1) is 24.0 Å². The van der Waals surface area contributed by atoms with Gasteiger partial charge in [0, 0.05) is 21.0 Å². The van der Waals surface area contributed by atoms with Crippen molar-refractivity contribution in [3.63, 3.8) is 0 Å². The van der Waals surface area contributed by atoms with Gasteiger partial charge in [0.15, 0.2) is 11.8 Å². The number of aromatic amines is 1. The van der Waals surface area contributed by atoms with Crippen molar-refractivity contribution in [3.8, 4) is 11.3 Å². The maximum atomic E-state index is 4.96. The number of H-pyrrole nitrogens is 1. The van der Waals surface area contributed by atoms with E-state index in [9.17, 15) is 0 Å². The molecule has 0 aliphatic heterocycles. The monoisotopic (exact) mass is 467 g/mol. The number of halogens is 1. The second kappa shape index (κ2) is 9.32. The highest BCUT2D eigenvalue weighted by Gasteiger charge is 2.11. The molecule has 26 heavy (non-hydrogen) atoms. The summed E-state index contributed by atoms with van der Waals surface area (Å²) >= 11 is 0. The zero-order chi connectivity index (χ0) is 17.6. The van der Waals surface area contributed by atoms with Gasteiger partial charge in [-0.05, 0) is 5.56 Å². The van der Waals surface area contributed by atoms with Gasteiger partial charge in [-0.1, -0.05) is 35.5 Å². The number of hydrogen-bond acceptors (Lipinski definition) is 5. The lowest BCUT2D eigenvalue weighted by Gasteiger charge is -2.20. The van der Waals surface area contributed by atoms with E-state index in [0.29, 0.717) is 24.8 Å². The van der Waals surface area contributed by atoms with Crippen molar-refractivity contribution in [1.29, 1.82) is 0 Å². The van der Waals surface area contributed by atoms with Crippen LogP contribution in [0.5, 0.6) is 0 Å². The predicted molar refractivity (Wildman–Crippen MR) is 110 cm³/mol. The smallest absolute Gasteiger partial charge is 0.223 e. The van der Waals surface area contributed by atoms with Crippen LogP contribution >= 0.6 is 24.0 Å². The molecule has 138 valence electrons. The molecule has 0 atom stereocenters. The summed E-state index contributed by atoms with van der Waals surface area (Å²) in [6.07, 6.45) is 1.84. The van der Waals surface area contributed by atoms with E-state index in [4.69, 9.17) is 4.52 Å². The molecule has 0 fully saturated rings. The average Bonchev–Trinajstić information content (AvgIpc) is 3.25. The van der Waals surface area contributed by atoms with E-state index in [2.05, 4.69) is 30.4 Å². The van der Waals surface area contributed by atoms with Crippen LogP contribution in [-0.2, 0) is 13.1 Å². The Bertz CT molecular complexity index is 844. The first kappa shape index (κ1) is 19.9. The Hall–Kier alpha value is -2.43. The Labute approximate surface area is 169 Å². The molecule has 3 aromatic rings. The maximum absolute atomic E-state index is 4.96. The number of aryl methyl sites for hydroxylation is 1. The third-order valence-corrected chi connectivity index (χ3v) is 3.65. The normalized spacial score (nSPS) is 11.1. The van der Waals surface area contributed by atoms with Crippen molar-refractivity contribution in [3.05, 3.63) is 54.1 Å². The van der Waals surface area contributed by atoms with Crippen molar-refractivity contribution in [1.82, 2.24) is 30.3 Å². The quantitative estimate of drug-likeness (QED) is 0.340. The summed E-state index contributed by atoms with van der Waals surface area (Å²) in [4.78, 5) is 18.2. The second-order valence-electron chi connectivity index (χ2n) is 5.60. The molecule has 1 aromatic carbocycles. The highest BCUT2D eigenvalue weighted by atomic mass is 127. The highest BCUT2D eigenvalue weighted by molar-refractivity contribution is 14.0. The summed E-state index contributed by atoms with van der Waals surface area (Å²) in [5.41, 5.74) is 2.10. The molecule has 8 nitrogen and oxygen atoms in total. The minimum atomic E-state index is 0. The van der Waals surface area contributed by atoms with Gasteiger partial charge < -0.3 is 19.7 Å². The Morgan fingerprint density at radius 3 is 2.73 bits per heavy atom. The molecule has 0 bridgehead atoms. The van der Waals surface area contributed by atoms with Crippen LogP contribution in [0.2, 0.25) is 0 Å². The first-order valence-corrected chi connectivity index (χ1v) is 7.96. The zero-order valence-electron chi connectivity index (χ0n) is 14.9. The molecule has 2 N–H and O–H groups in total. The van der Waals surface area contributed by atoms with Gasteiger partial charge >= 0.3 is 0 Å². The van der Waals surface area contributed by atoms with E-state index < -0.39 is 0 Å². The molecule has 0 saturated carbocycles. The average molecular weight is 467 g/mol. The van der Waals surface area contributed by atoms with Crippen LogP contribution in [0.25, 0.3) is 11.3 Å². The zero-order valence-corrected chi connectivity index (χ0v) is 17.3. The SMILES string of the molecule is CN=C(NCc1noc(C)n1)N(C)Cc1ncc(-c2ccccc2)[nH]1.I. The van der Waals surface area contributed by atoms with E-state index >= 15 is 0 Å². The predicted octanol–water partition coefficient (Wildman–Crippen LogP) is 2.59. The van der Waals surface area contributed by atoms with Crippen LogP contribution in [-0.4, -0.2) is 45.1 Å². The number of benzene rings is 1.